The minimum atomic E-state index is -1.17. The van der Waals surface area contributed by atoms with Crippen molar-refractivity contribution in [2.75, 3.05) is 19.8 Å². The highest BCUT2D eigenvalue weighted by Crippen LogP contribution is 2.35. The minimum absolute atomic E-state index is 0.301. The van der Waals surface area contributed by atoms with Gasteiger partial charge in [0.05, 0.1) is 6.54 Å². The Morgan fingerprint density at radius 2 is 1.71 bits per heavy atom. The standard InChI is InChI=1S/C27H27N3O5/c1-4-27(19-8-6-5-7-9-19)25(32)29(26(33)28-27)16-22(31)21-14-17(2)30(18(21)3)20-10-11-23-24(15-20)35-13-12-34-23/h5-11,14-15H,4,12-13,16H2,1-3H3,(H,28,33). The van der Waals surface area contributed by atoms with Crippen molar-refractivity contribution in [3.8, 4) is 17.2 Å². The third kappa shape index (κ3) is 3.65. The van der Waals surface area contributed by atoms with Crippen molar-refractivity contribution in [1.29, 1.82) is 0 Å². The fourth-order valence-electron chi connectivity index (χ4n) is 4.97. The molecule has 0 aliphatic carbocycles. The lowest BCUT2D eigenvalue weighted by molar-refractivity contribution is -0.131. The molecule has 3 amide bonds. The molecule has 1 fully saturated rings. The van der Waals surface area contributed by atoms with Gasteiger partial charge in [0.15, 0.2) is 17.3 Å². The maximum atomic E-state index is 13.4. The van der Waals surface area contributed by atoms with E-state index in [9.17, 15) is 14.4 Å². The lowest BCUT2D eigenvalue weighted by atomic mass is 9.87. The molecule has 35 heavy (non-hydrogen) atoms. The fourth-order valence-corrected chi connectivity index (χ4v) is 4.97. The number of hydrogen-bond acceptors (Lipinski definition) is 5. The van der Waals surface area contributed by atoms with Gasteiger partial charge in [-0.1, -0.05) is 37.3 Å². The van der Waals surface area contributed by atoms with Crippen LogP contribution in [0, 0.1) is 13.8 Å². The second-order valence-corrected chi connectivity index (χ2v) is 8.82. The second-order valence-electron chi connectivity index (χ2n) is 8.82. The van der Waals surface area contributed by atoms with Crippen LogP contribution in [0.1, 0.15) is 40.7 Å². The number of imide groups is 1. The van der Waals surface area contributed by atoms with E-state index < -0.39 is 17.5 Å². The van der Waals surface area contributed by atoms with Crippen LogP contribution in [-0.2, 0) is 10.3 Å². The number of carbonyl (C=O) groups excluding carboxylic acids is 3. The SMILES string of the molecule is CCC1(c2ccccc2)NC(=O)N(CC(=O)c2cc(C)n(-c3ccc4c(c3)OCCO4)c2C)C1=O. The number of nitrogens with one attached hydrogen (secondary N) is 1. The summed E-state index contributed by atoms with van der Waals surface area (Å²) in [6, 6.07) is 16.0. The maximum absolute atomic E-state index is 13.4. The van der Waals surface area contributed by atoms with E-state index in [1.165, 1.54) is 0 Å². The number of urea groups is 1. The van der Waals surface area contributed by atoms with Crippen LogP contribution >= 0.6 is 0 Å². The lowest BCUT2D eigenvalue weighted by Crippen LogP contribution is -2.43. The van der Waals surface area contributed by atoms with Gasteiger partial charge in [0.1, 0.15) is 18.8 Å². The van der Waals surface area contributed by atoms with Gasteiger partial charge in [-0.2, -0.15) is 0 Å². The lowest BCUT2D eigenvalue weighted by Gasteiger charge is -2.25. The van der Waals surface area contributed by atoms with E-state index in [1.807, 2.05) is 73.9 Å². The summed E-state index contributed by atoms with van der Waals surface area (Å²) in [5.41, 5.74) is 2.42. The normalized spacial score (nSPS) is 19.1. The molecule has 0 bridgehead atoms. The first-order valence-electron chi connectivity index (χ1n) is 11.7. The van der Waals surface area contributed by atoms with Crippen LogP contribution in [0.4, 0.5) is 4.79 Å². The molecule has 3 aromatic rings. The Hall–Kier alpha value is -4.07. The molecule has 8 nitrogen and oxygen atoms in total. The zero-order valence-corrected chi connectivity index (χ0v) is 20.0. The third-order valence-corrected chi connectivity index (χ3v) is 6.79. The van der Waals surface area contributed by atoms with Crippen LogP contribution in [0.2, 0.25) is 0 Å². The molecule has 2 aromatic carbocycles. The van der Waals surface area contributed by atoms with E-state index in [-0.39, 0.29) is 12.3 Å². The van der Waals surface area contributed by atoms with Crippen LogP contribution < -0.4 is 14.8 Å². The van der Waals surface area contributed by atoms with E-state index in [0.29, 0.717) is 42.3 Å². The Labute approximate surface area is 203 Å². The van der Waals surface area contributed by atoms with E-state index in [0.717, 1.165) is 22.0 Å². The predicted octanol–water partition coefficient (Wildman–Crippen LogP) is 3.91. The monoisotopic (exact) mass is 473 g/mol. The average Bonchev–Trinajstić information content (AvgIpc) is 3.31. The van der Waals surface area contributed by atoms with Gasteiger partial charge in [0.2, 0.25) is 0 Å². The van der Waals surface area contributed by atoms with Crippen LogP contribution in [0.5, 0.6) is 11.5 Å². The first kappa shape index (κ1) is 22.7. The van der Waals surface area contributed by atoms with E-state index in [4.69, 9.17) is 9.47 Å². The molecule has 8 heteroatoms. The van der Waals surface area contributed by atoms with Gasteiger partial charge in [-0.3, -0.25) is 14.5 Å². The number of carbonyl (C=O) groups is 3. The van der Waals surface area contributed by atoms with Crippen molar-refractivity contribution in [3.05, 3.63) is 77.1 Å². The first-order chi connectivity index (χ1) is 16.9. The molecular weight excluding hydrogens is 446 g/mol. The number of aromatic nitrogens is 1. The Morgan fingerprint density at radius 1 is 1.00 bits per heavy atom. The molecule has 1 unspecified atom stereocenters. The first-order valence-corrected chi connectivity index (χ1v) is 11.7. The number of Topliss-reactive ketones (excluding diaryl/α,β-unsaturated/α-hetero) is 1. The third-order valence-electron chi connectivity index (χ3n) is 6.79. The predicted molar refractivity (Wildman–Crippen MR) is 129 cm³/mol. The van der Waals surface area contributed by atoms with Crippen molar-refractivity contribution >= 4 is 17.7 Å². The van der Waals surface area contributed by atoms with Crippen molar-refractivity contribution in [1.82, 2.24) is 14.8 Å². The number of hydrogen-bond donors (Lipinski definition) is 1. The number of ketones is 1. The van der Waals surface area contributed by atoms with E-state index >= 15 is 0 Å². The molecule has 5 rings (SSSR count). The van der Waals surface area contributed by atoms with E-state index in [2.05, 4.69) is 5.32 Å². The van der Waals surface area contributed by atoms with Crippen LogP contribution in [-0.4, -0.2) is 46.9 Å². The number of ether oxygens (including phenoxy) is 2. The number of amides is 3. The zero-order valence-electron chi connectivity index (χ0n) is 20.0. The summed E-state index contributed by atoms with van der Waals surface area (Å²) < 4.78 is 13.3. The molecule has 0 spiro atoms. The van der Waals surface area contributed by atoms with Crippen LogP contribution in [0.3, 0.4) is 0 Å². The van der Waals surface area contributed by atoms with Gasteiger partial charge < -0.3 is 19.4 Å². The highest BCUT2D eigenvalue weighted by molar-refractivity contribution is 6.11. The maximum Gasteiger partial charge on any atom is 0.325 e. The minimum Gasteiger partial charge on any atom is -0.486 e. The molecule has 0 saturated carbocycles. The molecule has 1 N–H and O–H groups in total. The van der Waals surface area contributed by atoms with Crippen molar-refractivity contribution in [2.45, 2.75) is 32.7 Å². The van der Waals surface area contributed by atoms with Crippen molar-refractivity contribution in [2.24, 2.45) is 0 Å². The Kier molecular flexibility index (Phi) is 5.59. The highest BCUT2D eigenvalue weighted by Gasteiger charge is 2.51. The summed E-state index contributed by atoms with van der Waals surface area (Å²) in [4.78, 5) is 40.6. The number of fused-ring (bicyclic) bond motifs is 1. The van der Waals surface area contributed by atoms with Crippen LogP contribution in [0.15, 0.2) is 54.6 Å². The fraction of sp³-hybridized carbons (Fsp3) is 0.296. The number of aryl methyl sites for hydroxylation is 1. The Morgan fingerprint density at radius 3 is 2.43 bits per heavy atom. The van der Waals surface area contributed by atoms with Gasteiger partial charge in [0, 0.05) is 28.7 Å². The smallest absolute Gasteiger partial charge is 0.325 e. The molecule has 180 valence electrons. The number of rotatable bonds is 6. The molecule has 0 radical (unpaired) electrons. The second kappa shape index (κ2) is 8.61. The van der Waals surface area contributed by atoms with Gasteiger partial charge in [-0.25, -0.2) is 4.79 Å². The summed E-state index contributed by atoms with van der Waals surface area (Å²) in [6.45, 7) is 6.27. The largest absolute Gasteiger partial charge is 0.486 e. The van der Waals surface area contributed by atoms with Gasteiger partial charge in [0.25, 0.3) is 5.91 Å². The van der Waals surface area contributed by atoms with Crippen molar-refractivity contribution < 1.29 is 23.9 Å². The molecular formula is C27H27N3O5. The summed E-state index contributed by atoms with van der Waals surface area (Å²) in [7, 11) is 0. The molecule has 2 aliphatic rings. The number of nitrogens with zero attached hydrogens (tertiary/aromatic N) is 2. The summed E-state index contributed by atoms with van der Waals surface area (Å²) in [5, 5.41) is 2.83. The van der Waals surface area contributed by atoms with Crippen molar-refractivity contribution in [3.63, 3.8) is 0 Å². The Balaban J connectivity index is 1.42. The summed E-state index contributed by atoms with van der Waals surface area (Å²) in [6.07, 6.45) is 0.380. The van der Waals surface area contributed by atoms with Gasteiger partial charge in [-0.05, 0) is 44.0 Å². The van der Waals surface area contributed by atoms with E-state index in [1.54, 1.807) is 6.07 Å². The quantitative estimate of drug-likeness (QED) is 0.433. The summed E-state index contributed by atoms with van der Waals surface area (Å²) in [5.74, 6) is 0.635. The molecule has 1 atom stereocenters. The molecule has 1 aromatic heterocycles. The zero-order chi connectivity index (χ0) is 24.7. The Bertz CT molecular complexity index is 1330. The topological polar surface area (TPSA) is 89.9 Å². The molecule has 3 heterocycles. The average molecular weight is 474 g/mol. The number of benzene rings is 2. The summed E-state index contributed by atoms with van der Waals surface area (Å²) >= 11 is 0. The highest BCUT2D eigenvalue weighted by atomic mass is 16.6. The van der Waals surface area contributed by atoms with Gasteiger partial charge in [-0.15, -0.1) is 0 Å². The molecule has 2 aliphatic heterocycles. The van der Waals surface area contributed by atoms with Crippen LogP contribution in [0.25, 0.3) is 5.69 Å². The molecule has 1 saturated heterocycles. The van der Waals surface area contributed by atoms with Gasteiger partial charge >= 0.3 is 6.03 Å².